The van der Waals surface area contributed by atoms with Gasteiger partial charge in [-0.2, -0.15) is 0 Å². The number of fused-ring (bicyclic) bond motifs is 4. The molecule has 4 bridgehead atoms. The largest absolute Gasteiger partial charge is 0.459 e. The van der Waals surface area contributed by atoms with E-state index in [1.807, 2.05) is 92.9 Å². The van der Waals surface area contributed by atoms with Crippen molar-refractivity contribution in [3.8, 4) is 0 Å². The Morgan fingerprint density at radius 1 is 0.557 bits per heavy atom. The first-order valence-electron chi connectivity index (χ1n) is 29.4. The lowest BCUT2D eigenvalue weighted by Gasteiger charge is -2.45. The second-order valence-corrected chi connectivity index (χ2v) is 28.3. The minimum Gasteiger partial charge on any atom is -0.459 e. The van der Waals surface area contributed by atoms with Crippen LogP contribution < -0.4 is 9.80 Å². The van der Waals surface area contributed by atoms with Crippen molar-refractivity contribution in [1.82, 2.24) is 24.5 Å². The van der Waals surface area contributed by atoms with Gasteiger partial charge in [-0.1, -0.05) is 31.2 Å². The smallest absolute Gasteiger partial charge is 0.410 e. The zero-order valence-corrected chi connectivity index (χ0v) is 52.1. The molecule has 6 aliphatic rings. The number of anilines is 2. The van der Waals surface area contributed by atoms with Crippen LogP contribution in [0.25, 0.3) is 0 Å². The van der Waals surface area contributed by atoms with Crippen LogP contribution >= 0.6 is 0 Å². The first-order valence-corrected chi connectivity index (χ1v) is 29.4. The Bertz CT molecular complexity index is 2400. The number of amides is 2. The van der Waals surface area contributed by atoms with Gasteiger partial charge in [0.2, 0.25) is 0 Å². The highest BCUT2D eigenvalue weighted by Gasteiger charge is 2.47. The van der Waals surface area contributed by atoms with Crippen LogP contribution in [0.1, 0.15) is 164 Å². The van der Waals surface area contributed by atoms with Crippen molar-refractivity contribution in [3.63, 3.8) is 0 Å². The van der Waals surface area contributed by atoms with Gasteiger partial charge in [-0.25, -0.2) is 9.59 Å². The zero-order valence-electron chi connectivity index (χ0n) is 52.1. The van der Waals surface area contributed by atoms with Crippen molar-refractivity contribution in [2.24, 2.45) is 5.41 Å². The van der Waals surface area contributed by atoms with E-state index in [0.29, 0.717) is 50.3 Å². The molecule has 2 amide bonds. The van der Waals surface area contributed by atoms with E-state index in [4.69, 9.17) is 24.1 Å². The monoisotopic (exact) mass is 1100 g/mol. The minimum atomic E-state index is -0.474. The van der Waals surface area contributed by atoms with Crippen molar-refractivity contribution in [2.75, 3.05) is 89.4 Å². The van der Waals surface area contributed by atoms with Crippen LogP contribution in [0.3, 0.4) is 0 Å². The Morgan fingerprint density at radius 2 is 0.937 bits per heavy atom. The number of aryl methyl sites for hydroxylation is 3. The molecule has 0 radical (unpaired) electrons. The van der Waals surface area contributed by atoms with Gasteiger partial charge in [0.15, 0.2) is 0 Å². The van der Waals surface area contributed by atoms with Gasteiger partial charge in [-0.15, -0.1) is 0 Å². The summed E-state index contributed by atoms with van der Waals surface area (Å²) in [5.74, 6) is -0.260. The number of carbonyl (C=O) groups excluding carboxylic acids is 4. The van der Waals surface area contributed by atoms with E-state index >= 15 is 0 Å². The van der Waals surface area contributed by atoms with Gasteiger partial charge < -0.3 is 43.7 Å². The van der Waals surface area contributed by atoms with E-state index < -0.39 is 22.4 Å². The molecule has 6 heterocycles. The van der Waals surface area contributed by atoms with Crippen molar-refractivity contribution in [3.05, 3.63) is 58.7 Å². The summed E-state index contributed by atoms with van der Waals surface area (Å²) in [6, 6.07) is 15.3. The summed E-state index contributed by atoms with van der Waals surface area (Å²) in [5, 5.41) is 7.00. The molecule has 0 aliphatic carbocycles. The molecule has 8 rings (SSSR count). The number of esters is 2. The summed E-state index contributed by atoms with van der Waals surface area (Å²) in [7, 11) is 3.21. The molecule has 0 aromatic heterocycles. The number of nitrogens with zero attached hydrogens (tertiary/aromatic N) is 7. The number of carbonyl (C=O) groups is 4. The van der Waals surface area contributed by atoms with E-state index in [1.165, 1.54) is 33.6 Å². The zero-order chi connectivity index (χ0) is 58.6. The number of piperidine rings is 2. The summed E-state index contributed by atoms with van der Waals surface area (Å²) in [4.78, 5) is 65.9. The van der Waals surface area contributed by atoms with Crippen molar-refractivity contribution in [1.29, 1.82) is 0 Å². The van der Waals surface area contributed by atoms with Crippen LogP contribution in [-0.2, 0) is 41.5 Å². The van der Waals surface area contributed by atoms with Gasteiger partial charge >= 0.3 is 24.1 Å². The number of likely N-dealkylation sites (tertiary alicyclic amines) is 4. The molecule has 6 saturated heterocycles. The Balaban J connectivity index is 0.000000248. The van der Waals surface area contributed by atoms with Gasteiger partial charge in [-0.05, 0) is 202 Å². The maximum absolute atomic E-state index is 12.6. The Labute approximate surface area is 475 Å². The van der Waals surface area contributed by atoms with Gasteiger partial charge in [0, 0.05) is 107 Å². The lowest BCUT2D eigenvalue weighted by molar-refractivity contribution is -0.157. The number of benzene rings is 2. The summed E-state index contributed by atoms with van der Waals surface area (Å²) < 4.78 is 22.3. The van der Waals surface area contributed by atoms with Crippen molar-refractivity contribution >= 4 is 35.5 Å². The molecule has 1 N–H and O–H groups in total. The van der Waals surface area contributed by atoms with E-state index in [9.17, 15) is 19.2 Å². The first-order chi connectivity index (χ1) is 36.6. The number of piperazine rings is 2. The Hall–Kier alpha value is -4.64. The number of ether oxygens (including phenoxy) is 4. The standard InChI is InChI=1S/C31H50N4O4.C31H49N3O4.CH4O/c1-22-10-11-23(18-32(9)31(8)12-14-33(15-13-31)28(37)39-30(5,6)7)26(16-22)35-20-24-17-25(35)19-34(24)21-27(36)38-29(2,3)4;1-22-9-10-23(11-12-31(8)13-15-32(16-14-31)28(36)38-30(5,6)7)26(17-22)34-20-24-18-25(34)19-33(24)21-27(35)37-29(2,3)4;1-2/h10-11,16,24-25H,12-15,17-21H2,1-9H3;9-10,17,24-25H,11-16,18-21H2,1-8H3;2H,1H3. The Morgan fingerprint density at radius 3 is 1.32 bits per heavy atom. The summed E-state index contributed by atoms with van der Waals surface area (Å²) in [6.45, 7) is 40.3. The molecule has 2 aromatic rings. The van der Waals surface area contributed by atoms with Crippen molar-refractivity contribution < 1.29 is 43.2 Å². The lowest BCUT2D eigenvalue weighted by atomic mass is 9.76. The molecule has 0 spiro atoms. The van der Waals surface area contributed by atoms with Crippen LogP contribution in [0.4, 0.5) is 21.0 Å². The third kappa shape index (κ3) is 17.7. The molecular formula is C63H103N7O9. The quantitative estimate of drug-likeness (QED) is 0.159. The number of aliphatic hydroxyl groups excluding tert-OH is 1. The third-order valence-electron chi connectivity index (χ3n) is 16.8. The first kappa shape index (κ1) is 63.5. The highest BCUT2D eigenvalue weighted by Crippen LogP contribution is 2.42. The fraction of sp³-hybridized carbons (Fsp3) is 0.746. The summed E-state index contributed by atoms with van der Waals surface area (Å²) in [5.41, 5.74) is 6.39. The number of aliphatic hydroxyl groups is 1. The van der Waals surface area contributed by atoms with Gasteiger partial charge in [0.1, 0.15) is 22.4 Å². The summed E-state index contributed by atoms with van der Waals surface area (Å²) >= 11 is 0. The SMILES string of the molecule is CO.Cc1ccc(CCC2(C)CCN(C(=O)OC(C)(C)C)CC2)c(N2CC3CC2CN3CC(=O)OC(C)(C)C)c1.Cc1ccc(CN(C)C2(C)CCN(C(=O)OC(C)(C)C)CC2)c(N2CC3CC2CN3CC(=O)OC(C)(C)C)c1. The molecule has 16 heteroatoms. The highest BCUT2D eigenvalue weighted by atomic mass is 16.6. The maximum Gasteiger partial charge on any atom is 0.410 e. The number of hydrogen-bond donors (Lipinski definition) is 1. The van der Waals surface area contributed by atoms with Crippen LogP contribution in [0.5, 0.6) is 0 Å². The second kappa shape index (κ2) is 25.2. The van der Waals surface area contributed by atoms with E-state index in [2.05, 4.69) is 95.6 Å². The minimum absolute atomic E-state index is 0.00883. The molecule has 4 unspecified atom stereocenters. The molecule has 6 fully saturated rings. The predicted molar refractivity (Wildman–Crippen MR) is 315 cm³/mol. The van der Waals surface area contributed by atoms with Crippen molar-refractivity contribution in [2.45, 2.75) is 221 Å². The fourth-order valence-corrected chi connectivity index (χ4v) is 12.4. The van der Waals surface area contributed by atoms with Gasteiger partial charge in [0.05, 0.1) is 13.1 Å². The molecule has 2 aromatic carbocycles. The highest BCUT2D eigenvalue weighted by molar-refractivity contribution is 5.73. The van der Waals surface area contributed by atoms with E-state index in [-0.39, 0.29) is 35.1 Å². The molecule has 16 nitrogen and oxygen atoms in total. The average Bonchev–Trinajstić information content (AvgIpc) is 4.33. The molecule has 79 heavy (non-hydrogen) atoms. The second-order valence-electron chi connectivity index (χ2n) is 28.3. The number of hydrogen-bond acceptors (Lipinski definition) is 14. The van der Waals surface area contributed by atoms with Gasteiger partial charge in [-0.3, -0.25) is 24.3 Å². The fourth-order valence-electron chi connectivity index (χ4n) is 12.4. The maximum atomic E-state index is 12.6. The van der Waals surface area contributed by atoms with Crippen LogP contribution in [0, 0.1) is 19.3 Å². The van der Waals surface area contributed by atoms with Crippen LogP contribution in [0.2, 0.25) is 0 Å². The van der Waals surface area contributed by atoms with Gasteiger partial charge in [0.25, 0.3) is 0 Å². The average molecular weight is 1100 g/mol. The van der Waals surface area contributed by atoms with Crippen LogP contribution in [0.15, 0.2) is 36.4 Å². The molecule has 0 saturated carbocycles. The molecule has 4 atom stereocenters. The number of rotatable bonds is 12. The predicted octanol–water partition coefficient (Wildman–Crippen LogP) is 10.00. The molecular weight excluding hydrogens is 999 g/mol. The Kier molecular flexibility index (Phi) is 20.3. The van der Waals surface area contributed by atoms with Crippen LogP contribution in [-0.4, -0.2) is 185 Å². The van der Waals surface area contributed by atoms with E-state index in [1.54, 1.807) is 0 Å². The topological polar surface area (TPSA) is 148 Å². The lowest BCUT2D eigenvalue weighted by Crippen LogP contribution is -2.53. The molecule has 6 aliphatic heterocycles. The normalized spacial score (nSPS) is 23.0. The summed E-state index contributed by atoms with van der Waals surface area (Å²) in [6.07, 6.45) is 7.77. The van der Waals surface area contributed by atoms with E-state index in [0.717, 1.165) is 104 Å². The third-order valence-corrected chi connectivity index (χ3v) is 16.8. The molecule has 444 valence electrons.